The Hall–Kier alpha value is -2.66. The fourth-order valence-electron chi connectivity index (χ4n) is 2.28. The van der Waals surface area contributed by atoms with Gasteiger partial charge >= 0.3 is 0 Å². The average Bonchev–Trinajstić information content (AvgIpc) is 3.04. The van der Waals surface area contributed by atoms with Crippen LogP contribution in [0.4, 0.5) is 4.39 Å². The van der Waals surface area contributed by atoms with E-state index in [0.29, 0.717) is 23.6 Å². The molecule has 0 aliphatic heterocycles. The molecule has 6 heteroatoms. The first kappa shape index (κ1) is 16.2. The molecule has 4 nitrogen and oxygen atoms in total. The molecule has 0 aliphatic rings. The van der Waals surface area contributed by atoms with Crippen molar-refractivity contribution in [2.45, 2.75) is 6.42 Å². The SMILES string of the molecule is O=C(NCCc1ccn(-c2ccc(F)cc2)n1)c1ccccc1Cl. The lowest BCUT2D eigenvalue weighted by molar-refractivity contribution is 0.0954. The highest BCUT2D eigenvalue weighted by molar-refractivity contribution is 6.33. The van der Waals surface area contributed by atoms with E-state index in [4.69, 9.17) is 11.6 Å². The van der Waals surface area contributed by atoms with E-state index in [1.54, 1.807) is 47.3 Å². The molecule has 0 atom stereocenters. The molecule has 1 N–H and O–H groups in total. The highest BCUT2D eigenvalue weighted by atomic mass is 35.5. The van der Waals surface area contributed by atoms with Crippen LogP contribution in [0.3, 0.4) is 0 Å². The van der Waals surface area contributed by atoms with E-state index in [1.807, 2.05) is 6.07 Å². The Kier molecular flexibility index (Phi) is 4.91. The fourth-order valence-corrected chi connectivity index (χ4v) is 2.50. The number of carbonyl (C=O) groups is 1. The minimum Gasteiger partial charge on any atom is -0.352 e. The summed E-state index contributed by atoms with van der Waals surface area (Å²) in [6.45, 7) is 0.449. The second-order valence-electron chi connectivity index (χ2n) is 5.21. The number of hydrogen-bond donors (Lipinski definition) is 1. The number of aromatic nitrogens is 2. The lowest BCUT2D eigenvalue weighted by Gasteiger charge is -2.05. The van der Waals surface area contributed by atoms with Crippen molar-refractivity contribution in [3.05, 3.63) is 82.9 Å². The molecule has 0 saturated heterocycles. The van der Waals surface area contributed by atoms with Gasteiger partial charge in [0.1, 0.15) is 5.82 Å². The van der Waals surface area contributed by atoms with E-state index in [-0.39, 0.29) is 11.7 Å². The molecule has 24 heavy (non-hydrogen) atoms. The predicted octanol–water partition coefficient (Wildman–Crippen LogP) is 3.64. The Morgan fingerprint density at radius 2 is 1.88 bits per heavy atom. The van der Waals surface area contributed by atoms with Crippen LogP contribution in [0.1, 0.15) is 16.1 Å². The van der Waals surface area contributed by atoms with E-state index >= 15 is 0 Å². The third kappa shape index (κ3) is 3.81. The molecular weight excluding hydrogens is 329 g/mol. The first-order valence-electron chi connectivity index (χ1n) is 7.47. The van der Waals surface area contributed by atoms with Crippen molar-refractivity contribution in [2.75, 3.05) is 6.54 Å². The summed E-state index contributed by atoms with van der Waals surface area (Å²) >= 11 is 5.99. The Morgan fingerprint density at radius 1 is 1.12 bits per heavy atom. The number of hydrogen-bond acceptors (Lipinski definition) is 2. The van der Waals surface area contributed by atoms with Crippen LogP contribution in [-0.4, -0.2) is 22.2 Å². The first-order chi connectivity index (χ1) is 11.6. The van der Waals surface area contributed by atoms with Crippen LogP contribution in [0.15, 0.2) is 60.8 Å². The van der Waals surface area contributed by atoms with Crippen molar-refractivity contribution < 1.29 is 9.18 Å². The third-order valence-electron chi connectivity index (χ3n) is 3.52. The maximum Gasteiger partial charge on any atom is 0.252 e. The normalized spacial score (nSPS) is 10.6. The van der Waals surface area contributed by atoms with Gasteiger partial charge in [0.25, 0.3) is 5.91 Å². The molecule has 122 valence electrons. The summed E-state index contributed by atoms with van der Waals surface area (Å²) in [4.78, 5) is 12.1. The van der Waals surface area contributed by atoms with Gasteiger partial charge in [-0.25, -0.2) is 9.07 Å². The van der Waals surface area contributed by atoms with E-state index in [1.165, 1.54) is 12.1 Å². The zero-order chi connectivity index (χ0) is 16.9. The predicted molar refractivity (Wildman–Crippen MR) is 91.0 cm³/mol. The topological polar surface area (TPSA) is 46.9 Å². The molecule has 0 aliphatic carbocycles. The maximum atomic E-state index is 12.9. The highest BCUT2D eigenvalue weighted by Gasteiger charge is 2.09. The zero-order valence-corrected chi connectivity index (χ0v) is 13.5. The standard InChI is InChI=1S/C18H15ClFN3O/c19-17-4-2-1-3-16(17)18(24)21-11-9-14-10-12-23(22-14)15-7-5-13(20)6-8-15/h1-8,10,12H,9,11H2,(H,21,24). The summed E-state index contributed by atoms with van der Waals surface area (Å²) in [5.74, 6) is -0.494. The minimum atomic E-state index is -0.284. The van der Waals surface area contributed by atoms with E-state index in [0.717, 1.165) is 11.4 Å². The number of benzene rings is 2. The number of carbonyl (C=O) groups excluding carboxylic acids is 1. The van der Waals surface area contributed by atoms with Crippen LogP contribution < -0.4 is 5.32 Å². The maximum absolute atomic E-state index is 12.9. The molecule has 0 saturated carbocycles. The van der Waals surface area contributed by atoms with Crippen LogP contribution in [0.25, 0.3) is 5.69 Å². The fraction of sp³-hybridized carbons (Fsp3) is 0.111. The van der Waals surface area contributed by atoms with Gasteiger partial charge < -0.3 is 5.32 Å². The molecule has 1 amide bonds. The lowest BCUT2D eigenvalue weighted by atomic mass is 10.2. The summed E-state index contributed by atoms with van der Waals surface area (Å²) in [6.07, 6.45) is 2.39. The van der Waals surface area contributed by atoms with Crippen molar-refractivity contribution in [3.8, 4) is 5.69 Å². The van der Waals surface area contributed by atoms with Crippen molar-refractivity contribution in [1.29, 1.82) is 0 Å². The summed E-state index contributed by atoms with van der Waals surface area (Å²) < 4.78 is 14.6. The van der Waals surface area contributed by atoms with Crippen molar-refractivity contribution in [3.63, 3.8) is 0 Å². The summed E-state index contributed by atoms with van der Waals surface area (Å²) in [7, 11) is 0. The number of nitrogens with zero attached hydrogens (tertiary/aromatic N) is 2. The average molecular weight is 344 g/mol. The monoisotopic (exact) mass is 343 g/mol. The van der Waals surface area contributed by atoms with Crippen LogP contribution in [0.2, 0.25) is 5.02 Å². The van der Waals surface area contributed by atoms with Crippen molar-refractivity contribution in [1.82, 2.24) is 15.1 Å². The van der Waals surface area contributed by atoms with Gasteiger partial charge in [-0.2, -0.15) is 5.10 Å². The summed E-state index contributed by atoms with van der Waals surface area (Å²) in [6, 6.07) is 14.9. The van der Waals surface area contributed by atoms with Crippen LogP contribution in [-0.2, 0) is 6.42 Å². The van der Waals surface area contributed by atoms with Crippen molar-refractivity contribution >= 4 is 17.5 Å². The lowest BCUT2D eigenvalue weighted by Crippen LogP contribution is -2.26. The molecule has 0 fully saturated rings. The van der Waals surface area contributed by atoms with Gasteiger partial charge in [-0.3, -0.25) is 4.79 Å². The van der Waals surface area contributed by atoms with E-state index in [2.05, 4.69) is 10.4 Å². The van der Waals surface area contributed by atoms with Gasteiger partial charge in [-0.1, -0.05) is 23.7 Å². The molecule has 3 rings (SSSR count). The summed E-state index contributed by atoms with van der Waals surface area (Å²) in [5, 5.41) is 7.66. The smallest absolute Gasteiger partial charge is 0.252 e. The van der Waals surface area contributed by atoms with Gasteiger partial charge in [0.2, 0.25) is 0 Å². The van der Waals surface area contributed by atoms with Crippen LogP contribution >= 0.6 is 11.6 Å². The minimum absolute atomic E-state index is 0.210. The largest absolute Gasteiger partial charge is 0.352 e. The molecular formula is C18H15ClFN3O. The Morgan fingerprint density at radius 3 is 2.62 bits per heavy atom. The van der Waals surface area contributed by atoms with Gasteiger partial charge in [0.05, 0.1) is 22.0 Å². The number of halogens is 2. The number of amides is 1. The number of rotatable bonds is 5. The third-order valence-corrected chi connectivity index (χ3v) is 3.85. The Bertz CT molecular complexity index is 845. The molecule has 2 aromatic carbocycles. The van der Waals surface area contributed by atoms with Gasteiger partial charge in [-0.15, -0.1) is 0 Å². The molecule has 0 radical (unpaired) electrons. The highest BCUT2D eigenvalue weighted by Crippen LogP contribution is 2.14. The molecule has 0 spiro atoms. The second kappa shape index (κ2) is 7.27. The molecule has 3 aromatic rings. The number of nitrogens with one attached hydrogen (secondary N) is 1. The van der Waals surface area contributed by atoms with Gasteiger partial charge in [0.15, 0.2) is 0 Å². The quantitative estimate of drug-likeness (QED) is 0.769. The summed E-state index contributed by atoms with van der Waals surface area (Å²) in [5.41, 5.74) is 2.07. The van der Waals surface area contributed by atoms with E-state index < -0.39 is 0 Å². The van der Waals surface area contributed by atoms with Crippen molar-refractivity contribution in [2.24, 2.45) is 0 Å². The Balaban J connectivity index is 1.57. The molecule has 0 unspecified atom stereocenters. The molecule has 1 aromatic heterocycles. The van der Waals surface area contributed by atoms with E-state index in [9.17, 15) is 9.18 Å². The first-order valence-corrected chi connectivity index (χ1v) is 7.84. The molecule has 0 bridgehead atoms. The van der Waals surface area contributed by atoms with Crippen LogP contribution in [0.5, 0.6) is 0 Å². The second-order valence-corrected chi connectivity index (χ2v) is 5.62. The Labute approximate surface area is 143 Å². The zero-order valence-electron chi connectivity index (χ0n) is 12.7. The van der Waals surface area contributed by atoms with Gasteiger partial charge in [-0.05, 0) is 42.5 Å². The van der Waals surface area contributed by atoms with Crippen LogP contribution in [0, 0.1) is 5.82 Å². The van der Waals surface area contributed by atoms with Gasteiger partial charge in [0, 0.05) is 19.2 Å². The molecule has 1 heterocycles.